The van der Waals surface area contributed by atoms with Crippen LogP contribution in [0.25, 0.3) is 5.69 Å². The second-order valence-corrected chi connectivity index (χ2v) is 5.93. The Morgan fingerprint density at radius 1 is 1.14 bits per heavy atom. The zero-order valence-corrected chi connectivity index (χ0v) is 14.9. The van der Waals surface area contributed by atoms with Crippen molar-refractivity contribution in [1.82, 2.24) is 9.78 Å². The maximum Gasteiger partial charge on any atom is 0.573 e. The second kappa shape index (κ2) is 8.03. The number of rotatable bonds is 5. The summed E-state index contributed by atoms with van der Waals surface area (Å²) in [5.41, 5.74) is 9.09. The van der Waals surface area contributed by atoms with Crippen LogP contribution in [0.2, 0.25) is 0 Å². The number of benzene rings is 2. The highest BCUT2D eigenvalue weighted by atomic mass is 19.4. The number of hydrogen-bond acceptors (Lipinski definition) is 3. The maximum atomic E-state index is 12.2. The van der Waals surface area contributed by atoms with E-state index in [1.807, 2.05) is 43.5 Å². The van der Waals surface area contributed by atoms with Crippen LogP contribution < -0.4 is 15.8 Å². The van der Waals surface area contributed by atoms with Crippen LogP contribution in [0.4, 0.5) is 18.9 Å². The van der Waals surface area contributed by atoms with E-state index in [-0.39, 0.29) is 11.7 Å². The highest BCUT2D eigenvalue weighted by Crippen LogP contribution is 2.24. The molecule has 0 aliphatic carbocycles. The van der Waals surface area contributed by atoms with E-state index in [0.717, 1.165) is 16.9 Å². The van der Waals surface area contributed by atoms with Crippen LogP contribution in [0.15, 0.2) is 65.8 Å². The van der Waals surface area contributed by atoms with Gasteiger partial charge in [0.1, 0.15) is 5.75 Å². The molecule has 0 aliphatic rings. The van der Waals surface area contributed by atoms with Gasteiger partial charge in [-0.15, -0.1) is 13.2 Å². The molecule has 146 valence electrons. The van der Waals surface area contributed by atoms with E-state index >= 15 is 0 Å². The van der Waals surface area contributed by atoms with E-state index in [1.165, 1.54) is 24.3 Å². The fraction of sp³-hybridized carbons (Fsp3) is 0.158. The number of anilines is 1. The Kier molecular flexibility index (Phi) is 5.53. The maximum absolute atomic E-state index is 12.2. The van der Waals surface area contributed by atoms with Gasteiger partial charge in [0.05, 0.1) is 17.9 Å². The molecule has 2 aromatic carbocycles. The minimum atomic E-state index is -4.73. The monoisotopic (exact) mass is 389 g/mol. The third-order valence-electron chi connectivity index (χ3n) is 3.74. The summed E-state index contributed by atoms with van der Waals surface area (Å²) in [5, 5.41) is 7.23. The quantitative estimate of drug-likeness (QED) is 0.511. The number of nitrogens with one attached hydrogen (secondary N) is 1. The first-order chi connectivity index (χ1) is 13.3. The lowest BCUT2D eigenvalue weighted by Gasteiger charge is -2.11. The molecule has 0 fully saturated rings. The number of aryl methyl sites for hydroxylation is 1. The number of alkyl halides is 3. The van der Waals surface area contributed by atoms with E-state index < -0.39 is 6.36 Å². The van der Waals surface area contributed by atoms with E-state index in [4.69, 9.17) is 5.73 Å². The number of aromatic nitrogens is 2. The van der Waals surface area contributed by atoms with Crippen LogP contribution in [0.5, 0.6) is 5.75 Å². The molecule has 0 radical (unpaired) electrons. The topological polar surface area (TPSA) is 77.5 Å². The molecular formula is C19H18F3N5O. The van der Waals surface area contributed by atoms with E-state index in [9.17, 15) is 13.2 Å². The average molecular weight is 389 g/mol. The molecule has 3 rings (SSSR count). The first kappa shape index (κ1) is 19.3. The smallest absolute Gasteiger partial charge is 0.406 e. The van der Waals surface area contributed by atoms with Gasteiger partial charge in [0.2, 0.25) is 0 Å². The van der Waals surface area contributed by atoms with Crippen LogP contribution in [-0.4, -0.2) is 22.1 Å². The lowest BCUT2D eigenvalue weighted by Crippen LogP contribution is -2.22. The van der Waals surface area contributed by atoms with Crippen LogP contribution >= 0.6 is 0 Å². The summed E-state index contributed by atoms with van der Waals surface area (Å²) >= 11 is 0. The van der Waals surface area contributed by atoms with Crippen molar-refractivity contribution in [3.63, 3.8) is 0 Å². The van der Waals surface area contributed by atoms with Crippen molar-refractivity contribution in [1.29, 1.82) is 0 Å². The summed E-state index contributed by atoms with van der Waals surface area (Å²) in [6.07, 6.45) is -2.86. The largest absolute Gasteiger partial charge is 0.573 e. The summed E-state index contributed by atoms with van der Waals surface area (Å²) in [4.78, 5) is 4.30. The molecule has 0 aliphatic heterocycles. The molecule has 6 nitrogen and oxygen atoms in total. The van der Waals surface area contributed by atoms with Gasteiger partial charge in [-0.2, -0.15) is 5.10 Å². The minimum absolute atomic E-state index is 0.135. The van der Waals surface area contributed by atoms with Crippen LogP contribution in [0.3, 0.4) is 0 Å². The molecule has 3 aromatic rings. The third-order valence-corrected chi connectivity index (χ3v) is 3.74. The second-order valence-electron chi connectivity index (χ2n) is 5.93. The van der Waals surface area contributed by atoms with Gasteiger partial charge < -0.3 is 15.8 Å². The summed E-state index contributed by atoms with van der Waals surface area (Å²) in [7, 11) is 0. The lowest BCUT2D eigenvalue weighted by molar-refractivity contribution is -0.274. The van der Waals surface area contributed by atoms with E-state index in [1.54, 1.807) is 4.68 Å². The van der Waals surface area contributed by atoms with Crippen molar-refractivity contribution in [2.75, 3.05) is 5.32 Å². The Labute approximate surface area is 159 Å². The SMILES string of the molecule is Cc1ccn(-c2ccccc2CN=C(N)Nc2ccc(OC(F)(F)F)cc2)n1. The van der Waals surface area contributed by atoms with E-state index in [0.29, 0.717) is 12.2 Å². The molecule has 0 atom stereocenters. The molecule has 28 heavy (non-hydrogen) atoms. The molecule has 0 saturated carbocycles. The summed E-state index contributed by atoms with van der Waals surface area (Å²) < 4.78 is 42.2. The summed E-state index contributed by atoms with van der Waals surface area (Å²) in [5.74, 6) is -0.173. The molecule has 0 bridgehead atoms. The summed E-state index contributed by atoms with van der Waals surface area (Å²) in [6.45, 7) is 2.22. The molecule has 0 unspecified atom stereocenters. The molecule has 1 heterocycles. The highest BCUT2D eigenvalue weighted by Gasteiger charge is 2.30. The van der Waals surface area contributed by atoms with Gasteiger partial charge >= 0.3 is 6.36 Å². The molecule has 0 saturated heterocycles. The van der Waals surface area contributed by atoms with Gasteiger partial charge in [0.25, 0.3) is 0 Å². The predicted molar refractivity (Wildman–Crippen MR) is 100 cm³/mol. The van der Waals surface area contributed by atoms with Gasteiger partial charge in [0, 0.05) is 11.9 Å². The normalized spacial score (nSPS) is 12.1. The Balaban J connectivity index is 1.67. The number of ether oxygens (including phenoxy) is 1. The van der Waals surface area contributed by atoms with Gasteiger partial charge in [0.15, 0.2) is 5.96 Å². The predicted octanol–water partition coefficient (Wildman–Crippen LogP) is 4.01. The van der Waals surface area contributed by atoms with Crippen molar-refractivity contribution in [2.24, 2.45) is 10.7 Å². The van der Waals surface area contributed by atoms with Gasteiger partial charge in [-0.25, -0.2) is 9.67 Å². The molecule has 9 heteroatoms. The number of halogens is 3. The minimum Gasteiger partial charge on any atom is -0.406 e. The third kappa shape index (κ3) is 5.26. The fourth-order valence-electron chi connectivity index (χ4n) is 2.51. The number of nitrogens with two attached hydrogens (primary N) is 1. The van der Waals surface area contributed by atoms with Crippen molar-refractivity contribution in [2.45, 2.75) is 19.8 Å². The molecule has 0 spiro atoms. The van der Waals surface area contributed by atoms with Crippen LogP contribution in [0.1, 0.15) is 11.3 Å². The van der Waals surface area contributed by atoms with Crippen LogP contribution in [0, 0.1) is 6.92 Å². The Morgan fingerprint density at radius 3 is 2.50 bits per heavy atom. The fourth-order valence-corrected chi connectivity index (χ4v) is 2.51. The summed E-state index contributed by atoms with van der Waals surface area (Å²) in [6, 6.07) is 14.8. The zero-order valence-electron chi connectivity index (χ0n) is 14.9. The van der Waals surface area contributed by atoms with Crippen molar-refractivity contribution < 1.29 is 17.9 Å². The molecular weight excluding hydrogens is 371 g/mol. The average Bonchev–Trinajstić information content (AvgIpc) is 3.07. The first-order valence-corrected chi connectivity index (χ1v) is 8.33. The zero-order chi connectivity index (χ0) is 20.1. The lowest BCUT2D eigenvalue weighted by atomic mass is 10.2. The number of aliphatic imine (C=N–C) groups is 1. The number of nitrogens with zero attached hydrogens (tertiary/aromatic N) is 3. The standard InChI is InChI=1S/C19H18F3N5O/c1-13-10-11-27(26-13)17-5-3-2-4-14(17)12-24-18(23)25-15-6-8-16(9-7-15)28-19(20,21)22/h2-11H,12H2,1H3,(H3,23,24,25). The van der Waals surface area contributed by atoms with Crippen LogP contribution in [-0.2, 0) is 6.54 Å². The Morgan fingerprint density at radius 2 is 1.86 bits per heavy atom. The molecule has 1 aromatic heterocycles. The Bertz CT molecular complexity index is 964. The van der Waals surface area contributed by atoms with Gasteiger partial charge in [-0.1, -0.05) is 18.2 Å². The number of para-hydroxylation sites is 1. The van der Waals surface area contributed by atoms with Gasteiger partial charge in [-0.3, -0.25) is 0 Å². The Hall–Kier alpha value is -3.49. The first-order valence-electron chi connectivity index (χ1n) is 8.33. The highest BCUT2D eigenvalue weighted by molar-refractivity contribution is 5.92. The molecule has 3 N–H and O–H groups in total. The van der Waals surface area contributed by atoms with Crippen molar-refractivity contribution in [3.05, 3.63) is 72.1 Å². The molecule has 0 amide bonds. The van der Waals surface area contributed by atoms with Crippen molar-refractivity contribution in [3.8, 4) is 11.4 Å². The van der Waals surface area contributed by atoms with Crippen molar-refractivity contribution >= 4 is 11.6 Å². The van der Waals surface area contributed by atoms with E-state index in [2.05, 4.69) is 20.1 Å². The van der Waals surface area contributed by atoms with Gasteiger partial charge in [-0.05, 0) is 48.9 Å². The number of hydrogen-bond donors (Lipinski definition) is 2. The number of guanidine groups is 1.